The summed E-state index contributed by atoms with van der Waals surface area (Å²) in [6.45, 7) is 0. The first-order valence-electron chi connectivity index (χ1n) is 9.93. The van der Waals surface area contributed by atoms with E-state index in [1.165, 1.54) is 22.6 Å². The predicted molar refractivity (Wildman–Crippen MR) is 110 cm³/mol. The summed E-state index contributed by atoms with van der Waals surface area (Å²) in [7, 11) is 0. The van der Waals surface area contributed by atoms with Gasteiger partial charge in [0.15, 0.2) is 0 Å². The number of fused-ring (bicyclic) bond motifs is 1. The van der Waals surface area contributed by atoms with Crippen LogP contribution in [-0.2, 0) is 19.3 Å². The molecular formula is C23H21N3O3. The van der Waals surface area contributed by atoms with Crippen molar-refractivity contribution in [1.29, 1.82) is 0 Å². The molecule has 29 heavy (non-hydrogen) atoms. The van der Waals surface area contributed by atoms with Crippen molar-refractivity contribution < 1.29 is 9.59 Å². The average molecular weight is 387 g/mol. The number of benzene rings is 2. The predicted octanol–water partition coefficient (Wildman–Crippen LogP) is 2.53. The molecule has 2 aliphatic carbocycles. The summed E-state index contributed by atoms with van der Waals surface area (Å²) >= 11 is 0. The van der Waals surface area contributed by atoms with E-state index in [0.717, 1.165) is 42.3 Å². The van der Waals surface area contributed by atoms with Gasteiger partial charge in [-0.15, -0.1) is 0 Å². The van der Waals surface area contributed by atoms with Gasteiger partial charge in [0, 0.05) is 11.3 Å². The van der Waals surface area contributed by atoms with Crippen LogP contribution in [0.2, 0.25) is 0 Å². The zero-order valence-electron chi connectivity index (χ0n) is 15.9. The van der Waals surface area contributed by atoms with Gasteiger partial charge < -0.3 is 16.0 Å². The van der Waals surface area contributed by atoms with Crippen molar-refractivity contribution in [3.05, 3.63) is 80.3 Å². The molecular weight excluding hydrogens is 366 g/mol. The van der Waals surface area contributed by atoms with Gasteiger partial charge in [0.1, 0.15) is 5.56 Å². The quantitative estimate of drug-likeness (QED) is 0.643. The lowest BCUT2D eigenvalue weighted by Crippen LogP contribution is -2.34. The number of aromatic amines is 1. The zero-order chi connectivity index (χ0) is 20.1. The first-order valence-corrected chi connectivity index (χ1v) is 9.93. The third kappa shape index (κ3) is 2.83. The van der Waals surface area contributed by atoms with E-state index in [4.69, 9.17) is 5.73 Å². The van der Waals surface area contributed by atoms with Crippen LogP contribution in [0.25, 0.3) is 10.8 Å². The van der Waals surface area contributed by atoms with Crippen LogP contribution in [0.5, 0.6) is 0 Å². The van der Waals surface area contributed by atoms with Gasteiger partial charge in [0.05, 0.1) is 6.04 Å². The first kappa shape index (κ1) is 17.7. The molecule has 146 valence electrons. The smallest absolute Gasteiger partial charge is 0.261 e. The molecule has 2 aliphatic rings. The van der Waals surface area contributed by atoms with Crippen LogP contribution in [-0.4, -0.2) is 16.8 Å². The summed E-state index contributed by atoms with van der Waals surface area (Å²) in [6.07, 6.45) is 4.31. The molecule has 2 aromatic carbocycles. The van der Waals surface area contributed by atoms with Gasteiger partial charge in [-0.05, 0) is 71.7 Å². The molecule has 2 amide bonds. The van der Waals surface area contributed by atoms with Gasteiger partial charge >= 0.3 is 0 Å². The second kappa shape index (κ2) is 6.58. The van der Waals surface area contributed by atoms with Crippen LogP contribution < -0.4 is 16.6 Å². The number of rotatable bonds is 3. The molecule has 6 nitrogen and oxygen atoms in total. The van der Waals surface area contributed by atoms with Crippen LogP contribution in [0, 0.1) is 0 Å². The number of pyridine rings is 1. The Bertz CT molecular complexity index is 1230. The molecule has 5 rings (SSSR count). The second-order valence-corrected chi connectivity index (χ2v) is 7.84. The van der Waals surface area contributed by atoms with E-state index in [9.17, 15) is 14.4 Å². The maximum atomic E-state index is 13.2. The van der Waals surface area contributed by atoms with Crippen LogP contribution in [0.4, 0.5) is 0 Å². The minimum Gasteiger partial charge on any atom is -0.365 e. The summed E-state index contributed by atoms with van der Waals surface area (Å²) in [6, 6.07) is 11.3. The molecule has 0 bridgehead atoms. The number of hydrogen-bond donors (Lipinski definition) is 3. The summed E-state index contributed by atoms with van der Waals surface area (Å²) in [5, 5.41) is 5.29. The molecule has 4 N–H and O–H groups in total. The van der Waals surface area contributed by atoms with Crippen LogP contribution in [0.15, 0.2) is 41.2 Å². The van der Waals surface area contributed by atoms with E-state index >= 15 is 0 Å². The lowest BCUT2D eigenvalue weighted by molar-refractivity contribution is 0.0934. The number of aryl methyl sites for hydroxylation is 3. The summed E-state index contributed by atoms with van der Waals surface area (Å²) < 4.78 is 0. The van der Waals surface area contributed by atoms with E-state index < -0.39 is 11.5 Å². The van der Waals surface area contributed by atoms with Gasteiger partial charge in [-0.2, -0.15) is 0 Å². The van der Waals surface area contributed by atoms with Crippen molar-refractivity contribution in [3.8, 4) is 0 Å². The minimum atomic E-state index is -0.766. The molecule has 0 spiro atoms. The number of nitrogens with one attached hydrogen (secondary N) is 2. The van der Waals surface area contributed by atoms with E-state index in [0.29, 0.717) is 12.0 Å². The number of H-pyrrole nitrogens is 1. The van der Waals surface area contributed by atoms with Crippen molar-refractivity contribution >= 4 is 22.6 Å². The molecule has 1 aromatic heterocycles. The maximum absolute atomic E-state index is 13.2. The Balaban J connectivity index is 1.52. The van der Waals surface area contributed by atoms with Crippen LogP contribution >= 0.6 is 0 Å². The fraction of sp³-hybridized carbons (Fsp3) is 0.261. The molecule has 0 aliphatic heterocycles. The Morgan fingerprint density at radius 1 is 1.03 bits per heavy atom. The van der Waals surface area contributed by atoms with Crippen molar-refractivity contribution in [1.82, 2.24) is 10.3 Å². The molecule has 0 saturated heterocycles. The van der Waals surface area contributed by atoms with Gasteiger partial charge in [0.25, 0.3) is 17.4 Å². The summed E-state index contributed by atoms with van der Waals surface area (Å²) in [5.74, 6) is -0.914. The molecule has 3 aromatic rings. The monoisotopic (exact) mass is 387 g/mol. The Morgan fingerprint density at radius 3 is 2.62 bits per heavy atom. The first-order chi connectivity index (χ1) is 14.0. The molecule has 0 radical (unpaired) electrons. The lowest BCUT2D eigenvalue weighted by atomic mass is 9.89. The fourth-order valence-corrected chi connectivity index (χ4v) is 4.75. The van der Waals surface area contributed by atoms with Crippen molar-refractivity contribution in [3.63, 3.8) is 0 Å². The molecule has 0 unspecified atom stereocenters. The fourth-order valence-electron chi connectivity index (χ4n) is 4.75. The summed E-state index contributed by atoms with van der Waals surface area (Å²) in [4.78, 5) is 39.6. The standard InChI is InChI=1S/C23H21N3O3/c24-21(27)17-11-16-18(5-2-6-19(16)26-23(17)29)25-22(28)15-10-9-13-8-7-12-3-1-4-14(15)20(12)13/h1,3-4,9-11,18H,2,5-8H2,(H2,24,27)(H,25,28)(H,26,29)/t18-/m1/s1. The molecule has 6 heteroatoms. The van der Waals surface area contributed by atoms with Gasteiger partial charge in [-0.3, -0.25) is 14.4 Å². The van der Waals surface area contributed by atoms with E-state index in [2.05, 4.69) is 16.4 Å². The van der Waals surface area contributed by atoms with Gasteiger partial charge in [0.2, 0.25) is 0 Å². The average Bonchev–Trinajstić information content (AvgIpc) is 3.12. The Morgan fingerprint density at radius 2 is 1.83 bits per heavy atom. The number of amides is 2. The van der Waals surface area contributed by atoms with Crippen molar-refractivity contribution in [2.45, 2.75) is 38.1 Å². The number of carbonyl (C=O) groups is 2. The highest BCUT2D eigenvalue weighted by atomic mass is 16.2. The third-order valence-corrected chi connectivity index (χ3v) is 6.14. The molecule has 0 fully saturated rings. The Labute approximate surface area is 167 Å². The number of aromatic nitrogens is 1. The molecule has 1 heterocycles. The van der Waals surface area contributed by atoms with Gasteiger partial charge in [-0.1, -0.05) is 24.3 Å². The van der Waals surface area contributed by atoms with Crippen molar-refractivity contribution in [2.75, 3.05) is 0 Å². The normalized spacial score (nSPS) is 17.2. The van der Waals surface area contributed by atoms with Gasteiger partial charge in [-0.25, -0.2) is 0 Å². The SMILES string of the molecule is NC(=O)c1cc2c([nH]c1=O)CCC[C@H]2NC(=O)c1ccc2c3c(cccc13)CC2. The number of nitrogens with two attached hydrogens (primary N) is 1. The zero-order valence-corrected chi connectivity index (χ0v) is 15.9. The Hall–Kier alpha value is -3.41. The highest BCUT2D eigenvalue weighted by Gasteiger charge is 2.26. The molecule has 0 saturated carbocycles. The highest BCUT2D eigenvalue weighted by Crippen LogP contribution is 2.34. The lowest BCUT2D eigenvalue weighted by Gasteiger charge is -2.26. The third-order valence-electron chi connectivity index (χ3n) is 6.14. The van der Waals surface area contributed by atoms with Crippen LogP contribution in [0.3, 0.4) is 0 Å². The van der Waals surface area contributed by atoms with E-state index in [1.807, 2.05) is 24.3 Å². The minimum absolute atomic E-state index is 0.0739. The highest BCUT2D eigenvalue weighted by molar-refractivity contribution is 6.09. The number of hydrogen-bond acceptors (Lipinski definition) is 3. The number of primary amides is 1. The largest absolute Gasteiger partial charge is 0.365 e. The maximum Gasteiger partial charge on any atom is 0.261 e. The molecule has 1 atom stereocenters. The van der Waals surface area contributed by atoms with E-state index in [1.54, 1.807) is 0 Å². The summed E-state index contributed by atoms with van der Waals surface area (Å²) in [5.41, 5.74) is 9.55. The second-order valence-electron chi connectivity index (χ2n) is 7.84. The van der Waals surface area contributed by atoms with Crippen LogP contribution in [0.1, 0.15) is 62.0 Å². The van der Waals surface area contributed by atoms with E-state index in [-0.39, 0.29) is 17.5 Å². The van der Waals surface area contributed by atoms with Crippen molar-refractivity contribution in [2.24, 2.45) is 5.73 Å². The Kier molecular flexibility index (Phi) is 4.01. The topological polar surface area (TPSA) is 105 Å². The number of carbonyl (C=O) groups excluding carboxylic acids is 2.